The standard InChI is InChI=1S/C15H15Cl2N/c1-9-3-5-12(10(2)7-9)15(18)13-6-4-11(16)8-14(13)17/h3-8,15H,18H2,1-2H3. The molecule has 0 saturated carbocycles. The summed E-state index contributed by atoms with van der Waals surface area (Å²) in [5, 5.41) is 1.23. The first kappa shape index (κ1) is 13.4. The van der Waals surface area contributed by atoms with Crippen molar-refractivity contribution in [1.29, 1.82) is 0 Å². The van der Waals surface area contributed by atoms with Crippen LogP contribution in [0.1, 0.15) is 28.3 Å². The van der Waals surface area contributed by atoms with Crippen molar-refractivity contribution in [3.63, 3.8) is 0 Å². The first-order valence-corrected chi connectivity index (χ1v) is 6.52. The van der Waals surface area contributed by atoms with Crippen molar-refractivity contribution >= 4 is 23.2 Å². The highest BCUT2D eigenvalue weighted by molar-refractivity contribution is 6.35. The third kappa shape index (κ3) is 2.69. The van der Waals surface area contributed by atoms with Gasteiger partial charge in [0.2, 0.25) is 0 Å². The number of hydrogen-bond donors (Lipinski definition) is 1. The largest absolute Gasteiger partial charge is 0.320 e. The molecule has 0 aliphatic heterocycles. The second-order valence-corrected chi connectivity index (χ2v) is 5.35. The second-order valence-electron chi connectivity index (χ2n) is 4.50. The lowest BCUT2D eigenvalue weighted by molar-refractivity contribution is 0.861. The average molecular weight is 280 g/mol. The quantitative estimate of drug-likeness (QED) is 0.850. The van der Waals surface area contributed by atoms with Crippen molar-refractivity contribution in [2.45, 2.75) is 19.9 Å². The van der Waals surface area contributed by atoms with E-state index in [2.05, 4.69) is 32.0 Å². The van der Waals surface area contributed by atoms with Crippen molar-refractivity contribution < 1.29 is 0 Å². The van der Waals surface area contributed by atoms with Gasteiger partial charge in [-0.2, -0.15) is 0 Å². The summed E-state index contributed by atoms with van der Waals surface area (Å²) in [6.45, 7) is 4.13. The number of halogens is 2. The van der Waals surface area contributed by atoms with E-state index in [0.717, 1.165) is 11.1 Å². The van der Waals surface area contributed by atoms with E-state index in [1.165, 1.54) is 11.1 Å². The molecule has 0 aromatic heterocycles. The molecule has 2 aromatic rings. The Labute approximate surface area is 118 Å². The third-order valence-corrected chi connectivity index (χ3v) is 3.62. The zero-order chi connectivity index (χ0) is 13.3. The summed E-state index contributed by atoms with van der Waals surface area (Å²) in [5.41, 5.74) is 10.7. The van der Waals surface area contributed by atoms with Gasteiger partial charge in [0.15, 0.2) is 0 Å². The lowest BCUT2D eigenvalue weighted by Gasteiger charge is -2.17. The fourth-order valence-corrected chi connectivity index (χ4v) is 2.62. The van der Waals surface area contributed by atoms with Crippen LogP contribution in [-0.2, 0) is 0 Å². The fraction of sp³-hybridized carbons (Fsp3) is 0.200. The van der Waals surface area contributed by atoms with Gasteiger partial charge in [-0.1, -0.05) is 53.0 Å². The highest BCUT2D eigenvalue weighted by Crippen LogP contribution is 2.30. The van der Waals surface area contributed by atoms with Gasteiger partial charge in [-0.15, -0.1) is 0 Å². The maximum Gasteiger partial charge on any atom is 0.0569 e. The summed E-state index contributed by atoms with van der Waals surface area (Å²) in [5.74, 6) is 0. The van der Waals surface area contributed by atoms with E-state index in [4.69, 9.17) is 28.9 Å². The minimum atomic E-state index is -0.227. The first-order valence-electron chi connectivity index (χ1n) is 5.76. The van der Waals surface area contributed by atoms with E-state index in [9.17, 15) is 0 Å². The Hall–Kier alpha value is -1.02. The van der Waals surface area contributed by atoms with E-state index in [0.29, 0.717) is 10.0 Å². The van der Waals surface area contributed by atoms with E-state index in [-0.39, 0.29) is 6.04 Å². The number of hydrogen-bond acceptors (Lipinski definition) is 1. The Balaban J connectivity index is 2.44. The molecule has 1 atom stereocenters. The molecule has 2 aromatic carbocycles. The summed E-state index contributed by atoms with van der Waals surface area (Å²) in [6.07, 6.45) is 0. The van der Waals surface area contributed by atoms with Crippen molar-refractivity contribution in [3.8, 4) is 0 Å². The van der Waals surface area contributed by atoms with E-state index in [1.54, 1.807) is 6.07 Å². The zero-order valence-electron chi connectivity index (χ0n) is 10.4. The van der Waals surface area contributed by atoms with E-state index < -0.39 is 0 Å². The molecule has 2 rings (SSSR count). The van der Waals surface area contributed by atoms with Crippen molar-refractivity contribution in [3.05, 3.63) is 68.7 Å². The zero-order valence-corrected chi connectivity index (χ0v) is 11.9. The highest BCUT2D eigenvalue weighted by Gasteiger charge is 2.14. The number of nitrogens with two attached hydrogens (primary N) is 1. The SMILES string of the molecule is Cc1ccc(C(N)c2ccc(Cl)cc2Cl)c(C)c1. The van der Waals surface area contributed by atoms with Crippen LogP contribution in [0.5, 0.6) is 0 Å². The van der Waals surface area contributed by atoms with Crippen LogP contribution in [0, 0.1) is 13.8 Å². The van der Waals surface area contributed by atoms with Crippen LogP contribution < -0.4 is 5.73 Å². The minimum absolute atomic E-state index is 0.227. The predicted molar refractivity (Wildman–Crippen MR) is 78.4 cm³/mol. The molecule has 1 nitrogen and oxygen atoms in total. The second kappa shape index (κ2) is 5.31. The maximum atomic E-state index is 6.29. The van der Waals surface area contributed by atoms with Gasteiger partial charge in [0.25, 0.3) is 0 Å². The molecule has 0 aliphatic rings. The first-order chi connectivity index (χ1) is 8.49. The molecule has 18 heavy (non-hydrogen) atoms. The summed E-state index contributed by atoms with van der Waals surface area (Å²) >= 11 is 12.1. The smallest absolute Gasteiger partial charge is 0.0569 e. The van der Waals surface area contributed by atoms with Gasteiger partial charge in [-0.3, -0.25) is 0 Å². The highest BCUT2D eigenvalue weighted by atomic mass is 35.5. The summed E-state index contributed by atoms with van der Waals surface area (Å²) < 4.78 is 0. The topological polar surface area (TPSA) is 26.0 Å². The molecule has 0 radical (unpaired) electrons. The van der Waals surface area contributed by atoms with Gasteiger partial charge in [0.05, 0.1) is 6.04 Å². The predicted octanol–water partition coefficient (Wildman–Crippen LogP) is 4.66. The Morgan fingerprint density at radius 1 is 0.944 bits per heavy atom. The monoisotopic (exact) mass is 279 g/mol. The molecule has 1 unspecified atom stereocenters. The van der Waals surface area contributed by atoms with Crippen LogP contribution in [-0.4, -0.2) is 0 Å². The molecular formula is C15H15Cl2N. The Morgan fingerprint density at radius 3 is 2.22 bits per heavy atom. The molecule has 0 saturated heterocycles. The van der Waals surface area contributed by atoms with Gasteiger partial charge in [-0.05, 0) is 42.7 Å². The molecular weight excluding hydrogens is 265 g/mol. The van der Waals surface area contributed by atoms with Crippen LogP contribution >= 0.6 is 23.2 Å². The van der Waals surface area contributed by atoms with Crippen LogP contribution in [0.25, 0.3) is 0 Å². The van der Waals surface area contributed by atoms with Gasteiger partial charge >= 0.3 is 0 Å². The Bertz CT molecular complexity index is 527. The molecule has 0 amide bonds. The van der Waals surface area contributed by atoms with Crippen LogP contribution in [0.2, 0.25) is 10.0 Å². The van der Waals surface area contributed by atoms with E-state index in [1.807, 2.05) is 12.1 Å². The maximum absolute atomic E-state index is 6.29. The van der Waals surface area contributed by atoms with Gasteiger partial charge in [0.1, 0.15) is 0 Å². The lowest BCUT2D eigenvalue weighted by Crippen LogP contribution is -2.13. The van der Waals surface area contributed by atoms with Gasteiger partial charge < -0.3 is 5.73 Å². The number of aryl methyl sites for hydroxylation is 2. The normalized spacial score (nSPS) is 12.5. The number of benzene rings is 2. The van der Waals surface area contributed by atoms with E-state index >= 15 is 0 Å². The van der Waals surface area contributed by atoms with Crippen molar-refractivity contribution in [1.82, 2.24) is 0 Å². The summed E-state index contributed by atoms with van der Waals surface area (Å²) in [7, 11) is 0. The van der Waals surface area contributed by atoms with Crippen LogP contribution in [0.15, 0.2) is 36.4 Å². The molecule has 0 aliphatic carbocycles. The molecule has 2 N–H and O–H groups in total. The van der Waals surface area contributed by atoms with Gasteiger partial charge in [-0.25, -0.2) is 0 Å². The van der Waals surface area contributed by atoms with Crippen LogP contribution in [0.3, 0.4) is 0 Å². The molecule has 0 spiro atoms. The van der Waals surface area contributed by atoms with Gasteiger partial charge in [0, 0.05) is 10.0 Å². The van der Waals surface area contributed by atoms with Crippen LogP contribution in [0.4, 0.5) is 0 Å². The number of rotatable bonds is 2. The lowest BCUT2D eigenvalue weighted by atomic mass is 9.94. The Morgan fingerprint density at radius 2 is 1.61 bits per heavy atom. The minimum Gasteiger partial charge on any atom is -0.320 e. The molecule has 0 bridgehead atoms. The summed E-state index contributed by atoms with van der Waals surface area (Å²) in [4.78, 5) is 0. The molecule has 94 valence electrons. The fourth-order valence-electron chi connectivity index (χ4n) is 2.10. The van der Waals surface area contributed by atoms with Crippen molar-refractivity contribution in [2.75, 3.05) is 0 Å². The van der Waals surface area contributed by atoms with Crippen molar-refractivity contribution in [2.24, 2.45) is 5.73 Å². The molecule has 0 heterocycles. The summed E-state index contributed by atoms with van der Waals surface area (Å²) in [6, 6.07) is 11.4. The third-order valence-electron chi connectivity index (χ3n) is 3.06. The Kier molecular flexibility index (Phi) is 3.96. The average Bonchev–Trinajstić information content (AvgIpc) is 2.28. The molecule has 3 heteroatoms. The molecule has 0 fully saturated rings.